The van der Waals surface area contributed by atoms with Crippen LogP contribution in [0.25, 0.3) is 0 Å². The lowest BCUT2D eigenvalue weighted by atomic mass is 10.3. The van der Waals surface area contributed by atoms with Crippen LogP contribution in [0.3, 0.4) is 0 Å². The number of methoxy groups -OCH3 is 2. The number of para-hydroxylation sites is 1. The van der Waals surface area contributed by atoms with Crippen LogP contribution in [0.4, 0.5) is 4.39 Å². The molecule has 0 aliphatic rings. The molecule has 0 amide bonds. The van der Waals surface area contributed by atoms with Crippen LogP contribution in [0.15, 0.2) is 18.2 Å². The lowest BCUT2D eigenvalue weighted by Gasteiger charge is -2.15. The normalized spacial score (nSPS) is 11.6. The van der Waals surface area contributed by atoms with Crippen molar-refractivity contribution in [3.63, 3.8) is 0 Å². The predicted molar refractivity (Wildman–Crippen MR) is 61.7 cm³/mol. The molecule has 0 bridgehead atoms. The van der Waals surface area contributed by atoms with Gasteiger partial charge in [0.2, 0.25) is 5.75 Å². The first kappa shape index (κ1) is 14.1. The Morgan fingerprint density at radius 1 is 1.28 bits per heavy atom. The summed E-state index contributed by atoms with van der Waals surface area (Å²) in [7, 11) is 2.80. The number of carbonyl (C=O) groups excluding carboxylic acids is 1. The van der Waals surface area contributed by atoms with Crippen molar-refractivity contribution in [2.24, 2.45) is 0 Å². The van der Waals surface area contributed by atoms with E-state index in [0.717, 1.165) is 0 Å². The molecule has 100 valence electrons. The molecule has 0 saturated heterocycles. The maximum Gasteiger partial charge on any atom is 0.381 e. The fraction of sp³-hybridized carbons (Fsp3) is 0.417. The van der Waals surface area contributed by atoms with Crippen LogP contribution in [0.2, 0.25) is 0 Å². The van der Waals surface area contributed by atoms with Gasteiger partial charge in [0, 0.05) is 0 Å². The first-order chi connectivity index (χ1) is 8.63. The van der Waals surface area contributed by atoms with Gasteiger partial charge in [-0.1, -0.05) is 6.07 Å². The molecule has 0 fully saturated rings. The van der Waals surface area contributed by atoms with E-state index in [2.05, 4.69) is 4.74 Å². The molecule has 1 aromatic rings. The number of hydrogen-bond donors (Lipinski definition) is 0. The summed E-state index contributed by atoms with van der Waals surface area (Å²) in [5.74, 6) is -0.545. The number of esters is 1. The Balaban J connectivity index is 2.91. The smallest absolute Gasteiger partial charge is 0.381 e. The van der Waals surface area contributed by atoms with Crippen LogP contribution in [-0.2, 0) is 9.53 Å². The van der Waals surface area contributed by atoms with E-state index in [1.54, 1.807) is 25.1 Å². The van der Waals surface area contributed by atoms with Crippen molar-refractivity contribution in [2.75, 3.05) is 20.8 Å². The lowest BCUT2D eigenvalue weighted by Crippen LogP contribution is -2.25. The van der Waals surface area contributed by atoms with Crippen LogP contribution in [0, 0.1) is 0 Å². The van der Waals surface area contributed by atoms with Crippen LogP contribution >= 0.6 is 0 Å². The average Bonchev–Trinajstić information content (AvgIpc) is 2.39. The summed E-state index contributed by atoms with van der Waals surface area (Å²) < 4.78 is 32.9. The summed E-state index contributed by atoms with van der Waals surface area (Å²) in [5.41, 5.74) is 0. The summed E-state index contributed by atoms with van der Waals surface area (Å²) in [4.78, 5) is 11.1. The number of carbonyl (C=O) groups is 1. The maximum absolute atomic E-state index is 13.5. The topological polar surface area (TPSA) is 54.0 Å². The molecular weight excluding hydrogens is 243 g/mol. The molecule has 1 atom stereocenters. The summed E-state index contributed by atoms with van der Waals surface area (Å²) in [6, 6.07) is 4.79. The molecule has 1 aromatic carbocycles. The van der Waals surface area contributed by atoms with Gasteiger partial charge >= 0.3 is 12.3 Å². The third kappa shape index (κ3) is 3.26. The van der Waals surface area contributed by atoms with E-state index in [1.807, 2.05) is 0 Å². The molecule has 0 aliphatic carbocycles. The molecule has 0 radical (unpaired) electrons. The molecule has 5 nitrogen and oxygen atoms in total. The van der Waals surface area contributed by atoms with Crippen molar-refractivity contribution >= 4 is 5.97 Å². The highest BCUT2D eigenvalue weighted by atomic mass is 19.1. The van der Waals surface area contributed by atoms with E-state index in [1.165, 1.54) is 14.2 Å². The number of rotatable bonds is 6. The average molecular weight is 258 g/mol. The Labute approximate surface area is 104 Å². The van der Waals surface area contributed by atoms with Crippen molar-refractivity contribution < 1.29 is 28.1 Å². The molecule has 0 spiro atoms. The van der Waals surface area contributed by atoms with E-state index >= 15 is 0 Å². The molecule has 1 rings (SSSR count). The molecule has 18 heavy (non-hydrogen) atoms. The zero-order valence-electron chi connectivity index (χ0n) is 10.4. The Kier molecular flexibility index (Phi) is 5.23. The monoisotopic (exact) mass is 258 g/mol. The predicted octanol–water partition coefficient (Wildman–Crippen LogP) is 1.94. The van der Waals surface area contributed by atoms with Crippen molar-refractivity contribution in [2.45, 2.75) is 13.3 Å². The zero-order chi connectivity index (χ0) is 13.5. The van der Waals surface area contributed by atoms with Gasteiger partial charge in [-0.2, -0.15) is 4.39 Å². The van der Waals surface area contributed by atoms with Gasteiger partial charge in [-0.25, -0.2) is 4.79 Å². The quantitative estimate of drug-likeness (QED) is 0.730. The van der Waals surface area contributed by atoms with Gasteiger partial charge in [-0.05, 0) is 19.1 Å². The van der Waals surface area contributed by atoms with Crippen molar-refractivity contribution in [1.82, 2.24) is 0 Å². The van der Waals surface area contributed by atoms with Gasteiger partial charge in [-0.3, -0.25) is 0 Å². The molecule has 0 heterocycles. The summed E-state index contributed by atoms with van der Waals surface area (Å²) in [5, 5.41) is 0. The Morgan fingerprint density at radius 3 is 2.28 bits per heavy atom. The van der Waals surface area contributed by atoms with Crippen LogP contribution in [-0.4, -0.2) is 33.2 Å². The second kappa shape index (κ2) is 6.68. The lowest BCUT2D eigenvalue weighted by molar-refractivity contribution is -0.160. The van der Waals surface area contributed by atoms with Crippen LogP contribution in [0.5, 0.6) is 17.2 Å². The minimum Gasteiger partial charge on any atom is -0.493 e. The van der Waals surface area contributed by atoms with Crippen LogP contribution < -0.4 is 14.2 Å². The van der Waals surface area contributed by atoms with Gasteiger partial charge in [0.25, 0.3) is 0 Å². The fourth-order valence-corrected chi connectivity index (χ4v) is 1.29. The molecule has 1 unspecified atom stereocenters. The van der Waals surface area contributed by atoms with Gasteiger partial charge in [0.05, 0.1) is 20.8 Å². The second-order valence-corrected chi connectivity index (χ2v) is 3.18. The van der Waals surface area contributed by atoms with Crippen LogP contribution in [0.1, 0.15) is 6.92 Å². The number of ether oxygens (including phenoxy) is 4. The molecular formula is C12H15FO5. The van der Waals surface area contributed by atoms with Crippen molar-refractivity contribution in [1.29, 1.82) is 0 Å². The molecule has 6 heteroatoms. The molecule has 0 N–H and O–H groups in total. The highest BCUT2D eigenvalue weighted by Crippen LogP contribution is 2.37. The first-order valence-corrected chi connectivity index (χ1v) is 5.32. The Bertz CT molecular complexity index is 385. The highest BCUT2D eigenvalue weighted by molar-refractivity contribution is 5.73. The summed E-state index contributed by atoms with van der Waals surface area (Å²) in [6.07, 6.45) is -2.23. The second-order valence-electron chi connectivity index (χ2n) is 3.18. The van der Waals surface area contributed by atoms with Crippen molar-refractivity contribution in [3.05, 3.63) is 18.2 Å². The largest absolute Gasteiger partial charge is 0.493 e. The highest BCUT2D eigenvalue weighted by Gasteiger charge is 2.24. The van der Waals surface area contributed by atoms with Gasteiger partial charge < -0.3 is 18.9 Å². The first-order valence-electron chi connectivity index (χ1n) is 5.32. The zero-order valence-corrected chi connectivity index (χ0v) is 10.4. The number of alkyl halides is 1. The SMILES string of the molecule is CCOC(=O)C(F)Oc1c(OC)cccc1OC. The van der Waals surface area contributed by atoms with E-state index in [0.29, 0.717) is 0 Å². The van der Waals surface area contributed by atoms with E-state index < -0.39 is 12.3 Å². The van der Waals surface area contributed by atoms with E-state index in [4.69, 9.17) is 14.2 Å². The standard InChI is InChI=1S/C12H15FO5/c1-4-17-12(14)11(13)18-10-8(15-2)6-5-7-9(10)16-3/h5-7,11H,4H2,1-3H3. The summed E-state index contributed by atoms with van der Waals surface area (Å²) >= 11 is 0. The van der Waals surface area contributed by atoms with Gasteiger partial charge in [-0.15, -0.1) is 0 Å². The number of benzene rings is 1. The van der Waals surface area contributed by atoms with E-state index in [9.17, 15) is 9.18 Å². The third-order valence-corrected chi connectivity index (χ3v) is 2.08. The number of hydrogen-bond acceptors (Lipinski definition) is 5. The fourth-order valence-electron chi connectivity index (χ4n) is 1.29. The van der Waals surface area contributed by atoms with Gasteiger partial charge in [0.1, 0.15) is 0 Å². The minimum atomic E-state index is -2.23. The van der Waals surface area contributed by atoms with E-state index in [-0.39, 0.29) is 23.9 Å². The van der Waals surface area contributed by atoms with Crippen molar-refractivity contribution in [3.8, 4) is 17.2 Å². The Morgan fingerprint density at radius 2 is 1.83 bits per heavy atom. The van der Waals surface area contributed by atoms with Gasteiger partial charge in [0.15, 0.2) is 11.5 Å². The third-order valence-electron chi connectivity index (χ3n) is 2.08. The number of halogens is 1. The summed E-state index contributed by atoms with van der Waals surface area (Å²) in [6.45, 7) is 1.65. The Hall–Kier alpha value is -1.98. The minimum absolute atomic E-state index is 0.0167. The molecule has 0 aromatic heterocycles. The molecule has 0 aliphatic heterocycles. The maximum atomic E-state index is 13.5. The molecule has 0 saturated carbocycles.